The molecule has 0 aromatic carbocycles. The third-order valence-electron chi connectivity index (χ3n) is 4.55. The minimum absolute atomic E-state index is 0.0327. The van der Waals surface area contributed by atoms with E-state index in [0.29, 0.717) is 18.4 Å². The lowest BCUT2D eigenvalue weighted by molar-refractivity contribution is 0.00317. The van der Waals surface area contributed by atoms with E-state index in [1.807, 2.05) is 27.7 Å². The first-order valence-corrected chi connectivity index (χ1v) is 9.82. The van der Waals surface area contributed by atoms with Crippen LogP contribution in [-0.2, 0) is 9.47 Å². The summed E-state index contributed by atoms with van der Waals surface area (Å²) < 4.78 is 11.5. The number of rotatable bonds is 8. The number of carbonyl (C=O) groups is 1. The second kappa shape index (κ2) is 10.3. The molecule has 1 aliphatic carbocycles. The molecule has 0 aromatic heterocycles. The van der Waals surface area contributed by atoms with Gasteiger partial charge < -0.3 is 14.8 Å². The molecular weight excluding hydrogens is 302 g/mol. The zero-order chi connectivity index (χ0) is 18.2. The molecule has 1 saturated carbocycles. The molecule has 24 heavy (non-hydrogen) atoms. The normalized spacial score (nSPS) is 19.1. The van der Waals surface area contributed by atoms with Gasteiger partial charge in [-0.15, -0.1) is 0 Å². The van der Waals surface area contributed by atoms with E-state index in [9.17, 15) is 4.79 Å². The van der Waals surface area contributed by atoms with Crippen LogP contribution in [0.2, 0.25) is 0 Å². The molecule has 4 heteroatoms. The van der Waals surface area contributed by atoms with Crippen LogP contribution in [0.25, 0.3) is 0 Å². The minimum Gasteiger partial charge on any atom is -0.444 e. The van der Waals surface area contributed by atoms with Crippen molar-refractivity contribution in [1.82, 2.24) is 5.32 Å². The van der Waals surface area contributed by atoms with Crippen molar-refractivity contribution in [3.63, 3.8) is 0 Å². The molecule has 0 heterocycles. The largest absolute Gasteiger partial charge is 0.444 e. The number of nitrogens with one attached hydrogen (secondary N) is 1. The first-order chi connectivity index (χ1) is 11.2. The number of ether oxygens (including phenoxy) is 2. The molecule has 4 nitrogen and oxygen atoms in total. The molecule has 1 rings (SSSR count). The highest BCUT2D eigenvalue weighted by atomic mass is 16.6. The summed E-state index contributed by atoms with van der Waals surface area (Å²) in [5.41, 5.74) is -0.474. The Kier molecular flexibility index (Phi) is 9.11. The van der Waals surface area contributed by atoms with Crippen LogP contribution in [0.5, 0.6) is 0 Å². The Morgan fingerprint density at radius 2 is 1.79 bits per heavy atom. The Morgan fingerprint density at radius 1 is 1.17 bits per heavy atom. The summed E-state index contributed by atoms with van der Waals surface area (Å²) >= 11 is 0. The summed E-state index contributed by atoms with van der Waals surface area (Å²) in [7, 11) is 0. The molecule has 0 aliphatic heterocycles. The average Bonchev–Trinajstić information content (AvgIpc) is 2.45. The summed E-state index contributed by atoms with van der Waals surface area (Å²) in [6.07, 6.45) is 8.21. The average molecular weight is 342 g/mol. The van der Waals surface area contributed by atoms with Crippen LogP contribution in [0.4, 0.5) is 4.79 Å². The Bertz CT molecular complexity index is 356. The van der Waals surface area contributed by atoms with Gasteiger partial charge >= 0.3 is 6.09 Å². The van der Waals surface area contributed by atoms with E-state index < -0.39 is 5.60 Å². The Balaban J connectivity index is 2.76. The highest BCUT2D eigenvalue weighted by Gasteiger charge is 2.30. The quantitative estimate of drug-likeness (QED) is 0.651. The minimum atomic E-state index is -0.474. The van der Waals surface area contributed by atoms with Gasteiger partial charge in [0.1, 0.15) is 5.60 Å². The number of alkyl carbamates (subject to hydrolysis) is 1. The maximum atomic E-state index is 12.3. The van der Waals surface area contributed by atoms with Gasteiger partial charge in [-0.2, -0.15) is 0 Å². The van der Waals surface area contributed by atoms with Gasteiger partial charge in [-0.05, 0) is 52.4 Å². The number of carbonyl (C=O) groups excluding carboxylic acids is 1. The molecule has 0 unspecified atom stereocenters. The highest BCUT2D eigenvalue weighted by Crippen LogP contribution is 2.29. The molecule has 1 N–H and O–H groups in total. The number of hydrogen-bond donors (Lipinski definition) is 1. The molecule has 0 spiro atoms. The van der Waals surface area contributed by atoms with Gasteiger partial charge in [0.15, 0.2) is 0 Å². The predicted octanol–water partition coefficient (Wildman–Crippen LogP) is 5.30. The second-order valence-electron chi connectivity index (χ2n) is 8.62. The smallest absolute Gasteiger partial charge is 0.407 e. The Morgan fingerprint density at radius 3 is 2.29 bits per heavy atom. The molecular formula is C20H39NO3. The van der Waals surface area contributed by atoms with E-state index in [2.05, 4.69) is 19.2 Å². The van der Waals surface area contributed by atoms with Gasteiger partial charge in [0.25, 0.3) is 0 Å². The fraction of sp³-hybridized carbons (Fsp3) is 0.950. The number of hydrogen-bond acceptors (Lipinski definition) is 3. The number of amides is 1. The van der Waals surface area contributed by atoms with Crippen molar-refractivity contribution >= 4 is 6.09 Å². The zero-order valence-electron chi connectivity index (χ0n) is 16.7. The first kappa shape index (κ1) is 21.3. The van der Waals surface area contributed by atoms with Crippen molar-refractivity contribution in [3.8, 4) is 0 Å². The van der Waals surface area contributed by atoms with E-state index in [0.717, 1.165) is 12.8 Å². The van der Waals surface area contributed by atoms with E-state index in [-0.39, 0.29) is 18.2 Å². The van der Waals surface area contributed by atoms with E-state index in [1.54, 1.807) is 0 Å². The Hall–Kier alpha value is -0.770. The summed E-state index contributed by atoms with van der Waals surface area (Å²) in [5.74, 6) is 1.23. The van der Waals surface area contributed by atoms with Gasteiger partial charge in [-0.25, -0.2) is 4.79 Å². The Labute approximate surface area is 149 Å². The molecule has 0 saturated heterocycles. The van der Waals surface area contributed by atoms with Crippen molar-refractivity contribution in [1.29, 1.82) is 0 Å². The molecule has 2 atom stereocenters. The standard InChI is InChI=1S/C20H39NO3/c1-7-23-18(13-15(2)3)17(14-16-11-9-8-10-12-16)21-19(22)24-20(4,5)6/h15-18H,7-14H2,1-6H3,(H,21,22)/t17-,18-/m0/s1. The summed E-state index contributed by atoms with van der Waals surface area (Å²) in [4.78, 5) is 12.3. The molecule has 1 amide bonds. The molecule has 0 bridgehead atoms. The van der Waals surface area contributed by atoms with Crippen LogP contribution < -0.4 is 5.32 Å². The first-order valence-electron chi connectivity index (χ1n) is 9.82. The van der Waals surface area contributed by atoms with Gasteiger partial charge in [0, 0.05) is 6.61 Å². The van der Waals surface area contributed by atoms with E-state index in [1.165, 1.54) is 32.1 Å². The van der Waals surface area contributed by atoms with Gasteiger partial charge in [-0.1, -0.05) is 46.0 Å². The third kappa shape index (κ3) is 8.91. The van der Waals surface area contributed by atoms with Gasteiger partial charge in [0.05, 0.1) is 12.1 Å². The lowest BCUT2D eigenvalue weighted by atomic mass is 9.82. The summed E-state index contributed by atoms with van der Waals surface area (Å²) in [5, 5.41) is 3.12. The topological polar surface area (TPSA) is 47.6 Å². The zero-order valence-corrected chi connectivity index (χ0v) is 16.7. The third-order valence-corrected chi connectivity index (χ3v) is 4.55. The van der Waals surface area contributed by atoms with Crippen molar-refractivity contribution < 1.29 is 14.3 Å². The van der Waals surface area contributed by atoms with Crippen LogP contribution in [-0.4, -0.2) is 30.4 Å². The van der Waals surface area contributed by atoms with Crippen LogP contribution >= 0.6 is 0 Å². The van der Waals surface area contributed by atoms with Gasteiger partial charge in [0.2, 0.25) is 0 Å². The van der Waals surface area contributed by atoms with Crippen molar-refractivity contribution in [2.45, 2.75) is 104 Å². The maximum Gasteiger partial charge on any atom is 0.407 e. The fourth-order valence-electron chi connectivity index (χ4n) is 3.57. The van der Waals surface area contributed by atoms with Crippen LogP contribution in [0.3, 0.4) is 0 Å². The fourth-order valence-corrected chi connectivity index (χ4v) is 3.57. The summed E-state index contributed by atoms with van der Waals surface area (Å²) in [6.45, 7) is 12.8. The van der Waals surface area contributed by atoms with Crippen molar-refractivity contribution in [3.05, 3.63) is 0 Å². The lowest BCUT2D eigenvalue weighted by Gasteiger charge is -2.33. The molecule has 0 radical (unpaired) electrons. The monoisotopic (exact) mass is 341 g/mol. The van der Waals surface area contributed by atoms with Crippen LogP contribution in [0.1, 0.15) is 86.5 Å². The molecule has 0 aromatic rings. The SMILES string of the molecule is CCO[C@@H](CC(C)C)[C@H](CC1CCCCC1)NC(=O)OC(C)(C)C. The van der Waals surface area contributed by atoms with E-state index >= 15 is 0 Å². The van der Waals surface area contributed by atoms with Crippen molar-refractivity contribution in [2.24, 2.45) is 11.8 Å². The van der Waals surface area contributed by atoms with E-state index in [4.69, 9.17) is 9.47 Å². The molecule has 1 fully saturated rings. The van der Waals surface area contributed by atoms with Gasteiger partial charge in [-0.3, -0.25) is 0 Å². The second-order valence-corrected chi connectivity index (χ2v) is 8.62. The van der Waals surface area contributed by atoms with Crippen LogP contribution in [0.15, 0.2) is 0 Å². The predicted molar refractivity (Wildman–Crippen MR) is 99.2 cm³/mol. The lowest BCUT2D eigenvalue weighted by Crippen LogP contribution is -2.48. The highest BCUT2D eigenvalue weighted by molar-refractivity contribution is 5.68. The molecule has 1 aliphatic rings. The van der Waals surface area contributed by atoms with Crippen molar-refractivity contribution in [2.75, 3.05) is 6.61 Å². The molecule has 142 valence electrons. The van der Waals surface area contributed by atoms with Crippen LogP contribution in [0, 0.1) is 11.8 Å². The summed E-state index contributed by atoms with van der Waals surface area (Å²) in [6, 6.07) is 0.0327. The maximum absolute atomic E-state index is 12.3.